The van der Waals surface area contributed by atoms with Gasteiger partial charge in [0.2, 0.25) is 0 Å². The average molecular weight is 262 g/mol. The second-order valence-corrected chi connectivity index (χ2v) is 5.52. The number of benzene rings is 1. The lowest BCUT2D eigenvalue weighted by Gasteiger charge is -2.29. The number of carbonyl (C=O) groups is 1. The van der Waals surface area contributed by atoms with Crippen LogP contribution in [0, 0.1) is 5.41 Å². The van der Waals surface area contributed by atoms with E-state index in [4.69, 9.17) is 4.74 Å². The van der Waals surface area contributed by atoms with Crippen molar-refractivity contribution in [2.75, 3.05) is 13.4 Å². The summed E-state index contributed by atoms with van der Waals surface area (Å²) in [7, 11) is 1.66. The Hall–Kier alpha value is -1.22. The van der Waals surface area contributed by atoms with E-state index in [9.17, 15) is 4.79 Å². The monoisotopic (exact) mass is 262 g/mol. The molecule has 2 unspecified atom stereocenters. The van der Waals surface area contributed by atoms with E-state index in [1.165, 1.54) is 17.3 Å². The fourth-order valence-corrected chi connectivity index (χ4v) is 3.21. The van der Waals surface area contributed by atoms with Crippen LogP contribution in [0.4, 0.5) is 0 Å². The molecule has 3 heteroatoms. The van der Waals surface area contributed by atoms with Gasteiger partial charge in [-0.3, -0.25) is 4.79 Å². The highest BCUT2D eigenvalue weighted by Crippen LogP contribution is 2.47. The zero-order valence-electron chi connectivity index (χ0n) is 11.0. The highest BCUT2D eigenvalue weighted by molar-refractivity contribution is 8.13. The molecular weight excluding hydrogens is 244 g/mol. The van der Waals surface area contributed by atoms with Gasteiger partial charge in [-0.25, -0.2) is 0 Å². The number of ether oxygens (including phenoxy) is 1. The summed E-state index contributed by atoms with van der Waals surface area (Å²) in [6, 6.07) is 8.03. The van der Waals surface area contributed by atoms with Crippen LogP contribution in [0.15, 0.2) is 36.4 Å². The van der Waals surface area contributed by atoms with Crippen LogP contribution in [-0.4, -0.2) is 18.5 Å². The van der Waals surface area contributed by atoms with E-state index in [0.29, 0.717) is 0 Å². The van der Waals surface area contributed by atoms with Gasteiger partial charge in [-0.05, 0) is 37.3 Å². The molecule has 0 spiro atoms. The van der Waals surface area contributed by atoms with Crippen LogP contribution in [0.3, 0.4) is 0 Å². The number of carbonyl (C=O) groups excluding carboxylic acids is 1. The quantitative estimate of drug-likeness (QED) is 0.778. The fourth-order valence-electron chi connectivity index (χ4n) is 2.56. The second kappa shape index (κ2) is 5.19. The van der Waals surface area contributed by atoms with Gasteiger partial charge < -0.3 is 4.74 Å². The Labute approximate surface area is 112 Å². The van der Waals surface area contributed by atoms with Crippen molar-refractivity contribution in [3.05, 3.63) is 42.0 Å². The van der Waals surface area contributed by atoms with Crippen LogP contribution < -0.4 is 4.74 Å². The summed E-state index contributed by atoms with van der Waals surface area (Å²) in [6.07, 6.45) is 6.95. The Balaban J connectivity index is 2.29. The molecule has 2 atom stereocenters. The van der Waals surface area contributed by atoms with E-state index in [0.717, 1.165) is 12.2 Å². The molecule has 1 aromatic carbocycles. The minimum atomic E-state index is -0.381. The Morgan fingerprint density at radius 3 is 2.61 bits per heavy atom. The van der Waals surface area contributed by atoms with Gasteiger partial charge in [-0.1, -0.05) is 36.0 Å². The number of thioether (sulfide) groups is 1. The van der Waals surface area contributed by atoms with Gasteiger partial charge in [0.05, 0.1) is 12.5 Å². The molecule has 0 heterocycles. The SMILES string of the molecule is COc1ccc(C2CC=CC2(C)C(=O)SC)cc1. The smallest absolute Gasteiger partial charge is 0.198 e. The van der Waals surface area contributed by atoms with Crippen molar-refractivity contribution in [2.45, 2.75) is 19.3 Å². The average Bonchev–Trinajstić information content (AvgIpc) is 2.81. The summed E-state index contributed by atoms with van der Waals surface area (Å²) >= 11 is 1.31. The van der Waals surface area contributed by atoms with E-state index < -0.39 is 0 Å². The molecule has 0 amide bonds. The fraction of sp³-hybridized carbons (Fsp3) is 0.400. The lowest BCUT2D eigenvalue weighted by Crippen LogP contribution is -2.27. The van der Waals surface area contributed by atoms with Crippen molar-refractivity contribution in [1.82, 2.24) is 0 Å². The first-order valence-corrected chi connectivity index (χ1v) is 7.24. The lowest BCUT2D eigenvalue weighted by molar-refractivity contribution is -0.117. The summed E-state index contributed by atoms with van der Waals surface area (Å²) < 4.78 is 5.17. The van der Waals surface area contributed by atoms with Gasteiger partial charge in [0.25, 0.3) is 0 Å². The molecule has 0 aromatic heterocycles. The number of allylic oxidation sites excluding steroid dienone is 2. The first-order chi connectivity index (χ1) is 8.61. The molecule has 96 valence electrons. The van der Waals surface area contributed by atoms with Crippen molar-refractivity contribution in [3.8, 4) is 5.75 Å². The number of hydrogen-bond donors (Lipinski definition) is 0. The molecule has 0 bridgehead atoms. The van der Waals surface area contributed by atoms with Gasteiger partial charge in [0.1, 0.15) is 5.75 Å². The predicted molar refractivity (Wildman–Crippen MR) is 76.1 cm³/mol. The standard InChI is InChI=1S/C15H18O2S/c1-15(14(16)18-3)10-4-5-13(15)11-6-8-12(17-2)9-7-11/h4,6-10,13H,5H2,1-3H3. The van der Waals surface area contributed by atoms with Gasteiger partial charge in [0.15, 0.2) is 5.12 Å². The van der Waals surface area contributed by atoms with Crippen molar-refractivity contribution in [2.24, 2.45) is 5.41 Å². The number of methoxy groups -OCH3 is 1. The summed E-state index contributed by atoms with van der Waals surface area (Å²) in [4.78, 5) is 12.1. The third-order valence-electron chi connectivity index (χ3n) is 3.70. The molecule has 0 saturated heterocycles. The normalized spacial score (nSPS) is 26.3. The topological polar surface area (TPSA) is 26.3 Å². The van der Waals surface area contributed by atoms with Crippen molar-refractivity contribution in [3.63, 3.8) is 0 Å². The van der Waals surface area contributed by atoms with Crippen LogP contribution in [0.25, 0.3) is 0 Å². The molecule has 1 aromatic rings. The number of rotatable bonds is 3. The summed E-state index contributed by atoms with van der Waals surface area (Å²) in [5.74, 6) is 1.09. The summed E-state index contributed by atoms with van der Waals surface area (Å²) in [5, 5.41) is 0.233. The molecule has 0 fully saturated rings. The van der Waals surface area contributed by atoms with E-state index in [1.807, 2.05) is 25.3 Å². The van der Waals surface area contributed by atoms with Crippen LogP contribution in [0.2, 0.25) is 0 Å². The van der Waals surface area contributed by atoms with E-state index >= 15 is 0 Å². The highest BCUT2D eigenvalue weighted by atomic mass is 32.2. The minimum Gasteiger partial charge on any atom is -0.497 e. The van der Waals surface area contributed by atoms with Crippen LogP contribution >= 0.6 is 11.8 Å². The highest BCUT2D eigenvalue weighted by Gasteiger charge is 2.41. The van der Waals surface area contributed by atoms with Crippen LogP contribution in [-0.2, 0) is 4.79 Å². The second-order valence-electron chi connectivity index (χ2n) is 4.74. The Kier molecular flexibility index (Phi) is 3.81. The maximum absolute atomic E-state index is 12.1. The minimum absolute atomic E-state index is 0.233. The molecule has 0 radical (unpaired) electrons. The molecular formula is C15H18O2S. The van der Waals surface area contributed by atoms with Crippen LogP contribution in [0.5, 0.6) is 5.75 Å². The molecule has 0 N–H and O–H groups in total. The molecule has 0 saturated carbocycles. The van der Waals surface area contributed by atoms with Gasteiger partial charge in [-0.2, -0.15) is 0 Å². The van der Waals surface area contributed by atoms with Crippen molar-refractivity contribution in [1.29, 1.82) is 0 Å². The molecule has 0 aliphatic heterocycles. The van der Waals surface area contributed by atoms with Gasteiger partial charge in [-0.15, -0.1) is 0 Å². The van der Waals surface area contributed by atoms with Gasteiger partial charge >= 0.3 is 0 Å². The third-order valence-corrected chi connectivity index (χ3v) is 4.51. The summed E-state index contributed by atoms with van der Waals surface area (Å²) in [5.41, 5.74) is 0.819. The zero-order valence-corrected chi connectivity index (χ0v) is 11.8. The Morgan fingerprint density at radius 2 is 2.06 bits per heavy atom. The first kappa shape index (κ1) is 13.2. The Bertz CT molecular complexity index is 464. The molecule has 2 rings (SSSR count). The zero-order chi connectivity index (χ0) is 13.2. The van der Waals surface area contributed by atoms with Gasteiger partial charge in [0, 0.05) is 5.92 Å². The van der Waals surface area contributed by atoms with Crippen molar-refractivity contribution >= 4 is 16.9 Å². The maximum Gasteiger partial charge on any atom is 0.198 e. The molecule has 2 nitrogen and oxygen atoms in total. The van der Waals surface area contributed by atoms with E-state index in [-0.39, 0.29) is 16.4 Å². The molecule has 18 heavy (non-hydrogen) atoms. The lowest BCUT2D eigenvalue weighted by atomic mass is 9.77. The van der Waals surface area contributed by atoms with Crippen molar-refractivity contribution < 1.29 is 9.53 Å². The Morgan fingerprint density at radius 1 is 1.39 bits per heavy atom. The largest absolute Gasteiger partial charge is 0.497 e. The third kappa shape index (κ3) is 2.19. The molecule has 1 aliphatic carbocycles. The number of hydrogen-bond acceptors (Lipinski definition) is 3. The van der Waals surface area contributed by atoms with Crippen LogP contribution in [0.1, 0.15) is 24.8 Å². The maximum atomic E-state index is 12.1. The molecule has 1 aliphatic rings. The summed E-state index contributed by atoms with van der Waals surface area (Å²) in [6.45, 7) is 2.03. The van der Waals surface area contributed by atoms with E-state index in [2.05, 4.69) is 24.3 Å². The first-order valence-electron chi connectivity index (χ1n) is 6.02. The predicted octanol–water partition coefficient (Wildman–Crippen LogP) is 3.63. The van der Waals surface area contributed by atoms with E-state index in [1.54, 1.807) is 7.11 Å².